The molecule has 2 rings (SSSR count). The topological polar surface area (TPSA) is 97.2 Å². The first-order valence-corrected chi connectivity index (χ1v) is 10.2. The van der Waals surface area contributed by atoms with Gasteiger partial charge < -0.3 is 0 Å². The second kappa shape index (κ2) is 8.06. The van der Waals surface area contributed by atoms with Crippen LogP contribution in [0.2, 0.25) is 0 Å². The van der Waals surface area contributed by atoms with Gasteiger partial charge in [-0.2, -0.15) is 14.4 Å². The molecule has 2 heterocycles. The molecule has 1 aliphatic heterocycles. The standard InChI is InChI=1S/C15H27N5O3S/c1-4-5-10-24(22,23)19-9-7-6-8-13(19)14(21)18-15-16-11-17-20(15)12(2)3/h11-13H,4-10H2,1-3H3,(H,16,17,18,21). The number of piperidine rings is 1. The van der Waals surface area contributed by atoms with E-state index in [2.05, 4.69) is 15.4 Å². The average Bonchev–Trinajstić information content (AvgIpc) is 3.01. The minimum absolute atomic E-state index is 0.0542. The number of hydrogen-bond donors (Lipinski definition) is 1. The molecule has 1 aliphatic rings. The van der Waals surface area contributed by atoms with Crippen molar-refractivity contribution in [2.75, 3.05) is 17.6 Å². The van der Waals surface area contributed by atoms with E-state index < -0.39 is 16.1 Å². The number of sulfonamides is 1. The van der Waals surface area contributed by atoms with Gasteiger partial charge in [0.1, 0.15) is 12.4 Å². The lowest BCUT2D eigenvalue weighted by Gasteiger charge is -2.33. The van der Waals surface area contributed by atoms with Gasteiger partial charge in [0.25, 0.3) is 0 Å². The predicted octanol–water partition coefficient (Wildman–Crippen LogP) is 1.78. The SMILES string of the molecule is CCCCS(=O)(=O)N1CCCCC1C(=O)Nc1ncnn1C(C)C. The molecule has 1 aromatic heterocycles. The van der Waals surface area contributed by atoms with Crippen molar-refractivity contribution in [2.45, 2.75) is 65.0 Å². The third-order valence-electron chi connectivity index (χ3n) is 4.17. The Balaban J connectivity index is 2.14. The Labute approximate surface area is 143 Å². The van der Waals surface area contributed by atoms with Crippen LogP contribution in [0.4, 0.5) is 5.95 Å². The maximum atomic E-state index is 12.7. The van der Waals surface area contributed by atoms with E-state index in [-0.39, 0.29) is 17.7 Å². The lowest BCUT2D eigenvalue weighted by Crippen LogP contribution is -2.50. The van der Waals surface area contributed by atoms with Gasteiger partial charge in [-0.1, -0.05) is 19.8 Å². The van der Waals surface area contributed by atoms with Crippen molar-refractivity contribution < 1.29 is 13.2 Å². The summed E-state index contributed by atoms with van der Waals surface area (Å²) < 4.78 is 28.1. The molecule has 0 aromatic carbocycles. The van der Waals surface area contributed by atoms with Gasteiger partial charge >= 0.3 is 0 Å². The van der Waals surface area contributed by atoms with Crippen molar-refractivity contribution in [1.29, 1.82) is 0 Å². The van der Waals surface area contributed by atoms with Gasteiger partial charge in [-0.05, 0) is 33.1 Å². The second-order valence-electron chi connectivity index (χ2n) is 6.40. The molecule has 0 saturated carbocycles. The van der Waals surface area contributed by atoms with E-state index in [1.165, 1.54) is 10.6 Å². The van der Waals surface area contributed by atoms with E-state index in [0.29, 0.717) is 25.3 Å². The summed E-state index contributed by atoms with van der Waals surface area (Å²) in [6, 6.07) is -0.614. The third kappa shape index (κ3) is 4.32. The van der Waals surface area contributed by atoms with Gasteiger partial charge in [0.2, 0.25) is 21.9 Å². The van der Waals surface area contributed by atoms with Crippen LogP contribution in [0.1, 0.15) is 58.9 Å². The van der Waals surface area contributed by atoms with Crippen LogP contribution < -0.4 is 5.32 Å². The maximum absolute atomic E-state index is 12.7. The first-order valence-electron chi connectivity index (χ1n) is 8.56. The molecular formula is C15H27N5O3S. The molecule has 1 fully saturated rings. The van der Waals surface area contributed by atoms with Gasteiger partial charge in [0.05, 0.1) is 11.8 Å². The molecule has 136 valence electrons. The smallest absolute Gasteiger partial charge is 0.245 e. The number of nitrogens with zero attached hydrogens (tertiary/aromatic N) is 4. The number of unbranched alkanes of at least 4 members (excludes halogenated alkanes) is 1. The van der Waals surface area contributed by atoms with Crippen molar-refractivity contribution >= 4 is 21.9 Å². The number of carbonyl (C=O) groups excluding carboxylic acids is 1. The molecule has 24 heavy (non-hydrogen) atoms. The summed E-state index contributed by atoms with van der Waals surface area (Å²) in [7, 11) is -3.42. The first-order chi connectivity index (χ1) is 11.4. The number of hydrogen-bond acceptors (Lipinski definition) is 5. The van der Waals surface area contributed by atoms with Gasteiger partial charge in [-0.25, -0.2) is 13.1 Å². The molecule has 0 radical (unpaired) electrons. The van der Waals surface area contributed by atoms with Crippen LogP contribution >= 0.6 is 0 Å². The second-order valence-corrected chi connectivity index (χ2v) is 8.44. The van der Waals surface area contributed by atoms with Gasteiger partial charge in [0, 0.05) is 6.54 Å². The molecule has 0 spiro atoms. The Hall–Kier alpha value is -1.48. The Morgan fingerprint density at radius 1 is 1.42 bits per heavy atom. The molecule has 1 aromatic rings. The summed E-state index contributed by atoms with van der Waals surface area (Å²) >= 11 is 0. The molecule has 1 atom stereocenters. The summed E-state index contributed by atoms with van der Waals surface area (Å²) in [6.45, 7) is 6.23. The highest BCUT2D eigenvalue weighted by molar-refractivity contribution is 7.89. The fourth-order valence-corrected chi connectivity index (χ4v) is 4.74. The maximum Gasteiger partial charge on any atom is 0.245 e. The Morgan fingerprint density at radius 2 is 2.17 bits per heavy atom. The van der Waals surface area contributed by atoms with Gasteiger partial charge in [0.15, 0.2) is 0 Å². The fourth-order valence-electron chi connectivity index (χ4n) is 2.85. The van der Waals surface area contributed by atoms with Crippen molar-refractivity contribution in [3.05, 3.63) is 6.33 Å². The zero-order valence-corrected chi connectivity index (χ0v) is 15.4. The van der Waals surface area contributed by atoms with Crippen molar-refractivity contribution in [1.82, 2.24) is 19.1 Å². The molecule has 9 heteroatoms. The largest absolute Gasteiger partial charge is 0.293 e. The number of aromatic nitrogens is 3. The molecule has 0 bridgehead atoms. The van der Waals surface area contributed by atoms with Crippen LogP contribution in [0.3, 0.4) is 0 Å². The lowest BCUT2D eigenvalue weighted by atomic mass is 10.0. The molecule has 8 nitrogen and oxygen atoms in total. The highest BCUT2D eigenvalue weighted by Gasteiger charge is 2.36. The summed E-state index contributed by atoms with van der Waals surface area (Å²) in [6.07, 6.45) is 4.96. The van der Waals surface area contributed by atoms with Gasteiger partial charge in [-0.3, -0.25) is 10.1 Å². The summed E-state index contributed by atoms with van der Waals surface area (Å²) in [5.74, 6) is 0.117. The number of amides is 1. The van der Waals surface area contributed by atoms with Crippen LogP contribution in [0.5, 0.6) is 0 Å². The highest BCUT2D eigenvalue weighted by atomic mass is 32.2. The summed E-state index contributed by atoms with van der Waals surface area (Å²) in [4.78, 5) is 16.7. The molecule has 1 amide bonds. The summed E-state index contributed by atoms with van der Waals surface area (Å²) in [5, 5.41) is 6.83. The minimum Gasteiger partial charge on any atom is -0.293 e. The predicted molar refractivity (Wildman–Crippen MR) is 92.1 cm³/mol. The molecule has 1 unspecified atom stereocenters. The molecule has 1 saturated heterocycles. The Kier molecular flexibility index (Phi) is 6.34. The van der Waals surface area contributed by atoms with Gasteiger partial charge in [-0.15, -0.1) is 0 Å². The zero-order chi connectivity index (χ0) is 17.7. The van der Waals surface area contributed by atoms with Crippen LogP contribution in [0, 0.1) is 0 Å². The van der Waals surface area contributed by atoms with Crippen LogP contribution in [-0.2, 0) is 14.8 Å². The normalized spacial score (nSPS) is 19.6. The van der Waals surface area contributed by atoms with Crippen molar-refractivity contribution in [3.8, 4) is 0 Å². The van der Waals surface area contributed by atoms with E-state index in [1.807, 2.05) is 20.8 Å². The van der Waals surface area contributed by atoms with Crippen molar-refractivity contribution in [3.63, 3.8) is 0 Å². The van der Waals surface area contributed by atoms with Crippen LogP contribution in [0.25, 0.3) is 0 Å². The minimum atomic E-state index is -3.42. The first kappa shape index (κ1) is 18.9. The molecule has 1 N–H and O–H groups in total. The molecule has 0 aliphatic carbocycles. The van der Waals surface area contributed by atoms with E-state index >= 15 is 0 Å². The van der Waals surface area contributed by atoms with Crippen LogP contribution in [-0.4, -0.2) is 51.7 Å². The lowest BCUT2D eigenvalue weighted by molar-refractivity contribution is -0.120. The van der Waals surface area contributed by atoms with Crippen molar-refractivity contribution in [2.24, 2.45) is 0 Å². The highest BCUT2D eigenvalue weighted by Crippen LogP contribution is 2.23. The average molecular weight is 357 g/mol. The number of nitrogens with one attached hydrogen (secondary N) is 1. The molecular weight excluding hydrogens is 330 g/mol. The number of rotatable bonds is 7. The van der Waals surface area contributed by atoms with E-state index in [4.69, 9.17) is 0 Å². The number of anilines is 1. The van der Waals surface area contributed by atoms with E-state index in [9.17, 15) is 13.2 Å². The van der Waals surface area contributed by atoms with Crippen LogP contribution in [0.15, 0.2) is 6.33 Å². The number of carbonyl (C=O) groups is 1. The Bertz CT molecular complexity index is 656. The third-order valence-corrected chi connectivity index (χ3v) is 6.12. The van der Waals surface area contributed by atoms with E-state index in [0.717, 1.165) is 19.3 Å². The fraction of sp³-hybridized carbons (Fsp3) is 0.800. The van der Waals surface area contributed by atoms with E-state index in [1.54, 1.807) is 4.68 Å². The zero-order valence-electron chi connectivity index (χ0n) is 14.6. The summed E-state index contributed by atoms with van der Waals surface area (Å²) in [5.41, 5.74) is 0. The monoisotopic (exact) mass is 357 g/mol. The Morgan fingerprint density at radius 3 is 2.83 bits per heavy atom. The quantitative estimate of drug-likeness (QED) is 0.802.